The lowest BCUT2D eigenvalue weighted by atomic mass is 9.98. The van der Waals surface area contributed by atoms with Crippen LogP contribution in [0.4, 0.5) is 0 Å². The van der Waals surface area contributed by atoms with Gasteiger partial charge in [0.05, 0.1) is 17.8 Å². The number of hydrogen-bond donors (Lipinski definition) is 1. The van der Waals surface area contributed by atoms with Crippen molar-refractivity contribution in [1.82, 2.24) is 20.1 Å². The minimum Gasteiger partial charge on any atom is -0.356 e. The summed E-state index contributed by atoms with van der Waals surface area (Å²) in [5.74, 6) is 1.37. The fourth-order valence-corrected chi connectivity index (χ4v) is 3.76. The monoisotopic (exact) mass is 407 g/mol. The number of carbonyl (C=O) groups excluding carboxylic acids is 1. The van der Waals surface area contributed by atoms with E-state index in [0.29, 0.717) is 17.4 Å². The van der Waals surface area contributed by atoms with E-state index in [0.717, 1.165) is 33.9 Å². The van der Waals surface area contributed by atoms with Gasteiger partial charge in [-0.1, -0.05) is 35.4 Å². The van der Waals surface area contributed by atoms with Gasteiger partial charge in [-0.3, -0.25) is 14.4 Å². The first-order valence-electron chi connectivity index (χ1n) is 9.61. The summed E-state index contributed by atoms with van der Waals surface area (Å²) in [5, 5.41) is 12.2. The number of halogens is 1. The summed E-state index contributed by atoms with van der Waals surface area (Å²) in [6, 6.07) is 13.4. The van der Waals surface area contributed by atoms with Crippen LogP contribution in [0.2, 0.25) is 5.02 Å². The van der Waals surface area contributed by atoms with E-state index >= 15 is 0 Å². The molecule has 4 rings (SSSR count). The highest BCUT2D eigenvalue weighted by atomic mass is 35.5. The van der Waals surface area contributed by atoms with Gasteiger partial charge in [-0.15, -0.1) is 10.2 Å². The van der Waals surface area contributed by atoms with Crippen LogP contribution in [0.15, 0.2) is 47.5 Å². The van der Waals surface area contributed by atoms with Crippen molar-refractivity contribution in [3.8, 4) is 5.69 Å². The third-order valence-electron chi connectivity index (χ3n) is 4.95. The van der Waals surface area contributed by atoms with Crippen LogP contribution >= 0.6 is 11.6 Å². The second-order valence-electron chi connectivity index (χ2n) is 7.12. The lowest BCUT2D eigenvalue weighted by Gasteiger charge is -2.13. The van der Waals surface area contributed by atoms with Gasteiger partial charge in [0.2, 0.25) is 5.91 Å². The van der Waals surface area contributed by atoms with E-state index in [1.165, 1.54) is 0 Å². The van der Waals surface area contributed by atoms with Crippen molar-refractivity contribution in [2.45, 2.75) is 33.2 Å². The Balaban J connectivity index is 1.95. The van der Waals surface area contributed by atoms with Crippen LogP contribution in [0.5, 0.6) is 0 Å². The highest BCUT2D eigenvalue weighted by Crippen LogP contribution is 2.33. The van der Waals surface area contributed by atoms with Gasteiger partial charge in [0.1, 0.15) is 11.9 Å². The molecule has 2 heterocycles. The molecule has 0 aliphatic carbocycles. The van der Waals surface area contributed by atoms with Crippen molar-refractivity contribution in [1.29, 1.82) is 0 Å². The second-order valence-corrected chi connectivity index (χ2v) is 7.56. The average molecular weight is 408 g/mol. The smallest absolute Gasteiger partial charge is 0.222 e. The number of amides is 1. The van der Waals surface area contributed by atoms with Crippen LogP contribution in [0.3, 0.4) is 0 Å². The first-order valence-corrected chi connectivity index (χ1v) is 9.99. The summed E-state index contributed by atoms with van der Waals surface area (Å²) in [6.07, 6.45) is 0.204. The molecule has 2 aromatic carbocycles. The maximum atomic E-state index is 12.4. The summed E-state index contributed by atoms with van der Waals surface area (Å²) in [4.78, 5) is 17.4. The number of hydrogen-bond acceptors (Lipinski definition) is 4. The van der Waals surface area contributed by atoms with Gasteiger partial charge in [0, 0.05) is 22.7 Å². The molecule has 0 unspecified atom stereocenters. The van der Waals surface area contributed by atoms with Crippen LogP contribution < -0.4 is 5.32 Å². The van der Waals surface area contributed by atoms with Crippen molar-refractivity contribution in [2.24, 2.45) is 4.99 Å². The predicted octanol–water partition coefficient (Wildman–Crippen LogP) is 3.96. The van der Waals surface area contributed by atoms with Gasteiger partial charge >= 0.3 is 0 Å². The van der Waals surface area contributed by atoms with E-state index in [9.17, 15) is 4.79 Å². The summed E-state index contributed by atoms with van der Waals surface area (Å²) in [5.41, 5.74) is 4.83. The zero-order valence-corrected chi connectivity index (χ0v) is 17.4. The van der Waals surface area contributed by atoms with Gasteiger partial charge in [0.25, 0.3) is 0 Å². The minimum atomic E-state index is -0.443. The van der Waals surface area contributed by atoms with Gasteiger partial charge < -0.3 is 5.32 Å². The van der Waals surface area contributed by atoms with Crippen molar-refractivity contribution >= 4 is 23.2 Å². The number of aliphatic imine (C=N–C) groups is 1. The van der Waals surface area contributed by atoms with Crippen LogP contribution in [0.1, 0.15) is 47.7 Å². The molecule has 29 heavy (non-hydrogen) atoms. The Morgan fingerprint density at radius 1 is 1.14 bits per heavy atom. The summed E-state index contributed by atoms with van der Waals surface area (Å²) in [7, 11) is 0. The van der Waals surface area contributed by atoms with Gasteiger partial charge in [-0.2, -0.15) is 0 Å². The Bertz CT molecular complexity index is 1100. The van der Waals surface area contributed by atoms with Crippen LogP contribution in [-0.4, -0.2) is 32.9 Å². The molecule has 0 saturated heterocycles. The topological polar surface area (TPSA) is 72.2 Å². The molecular weight excluding hydrogens is 386 g/mol. The van der Waals surface area contributed by atoms with Gasteiger partial charge in [0.15, 0.2) is 5.82 Å². The third kappa shape index (κ3) is 3.68. The molecule has 0 fully saturated rings. The molecule has 1 N–H and O–H groups in total. The molecule has 6 nitrogen and oxygen atoms in total. The molecule has 1 aliphatic rings. The number of aryl methyl sites for hydroxylation is 2. The lowest BCUT2D eigenvalue weighted by molar-refractivity contribution is -0.121. The lowest BCUT2D eigenvalue weighted by Crippen LogP contribution is -2.25. The Kier molecular flexibility index (Phi) is 5.20. The largest absolute Gasteiger partial charge is 0.356 e. The Hall–Kier alpha value is -2.99. The Labute approximate surface area is 174 Å². The van der Waals surface area contributed by atoms with Gasteiger partial charge in [-0.05, 0) is 45.0 Å². The SMILES string of the molecule is CCNC(=O)C[C@@H]1N=C(c2ccc(Cl)cc2)c2cc(C)ccc2-n2c(C)nnc21. The van der Waals surface area contributed by atoms with Crippen LogP contribution in [0, 0.1) is 13.8 Å². The van der Waals surface area contributed by atoms with Crippen molar-refractivity contribution in [3.63, 3.8) is 0 Å². The summed E-state index contributed by atoms with van der Waals surface area (Å²) < 4.78 is 2.01. The number of fused-ring (bicyclic) bond motifs is 3. The normalized spacial score (nSPS) is 15.2. The minimum absolute atomic E-state index is 0.0638. The number of rotatable bonds is 4. The molecular formula is C22H22ClN5O. The number of carbonyl (C=O) groups is 1. The zero-order valence-electron chi connectivity index (χ0n) is 16.6. The summed E-state index contributed by atoms with van der Waals surface area (Å²) in [6.45, 7) is 6.44. The molecule has 1 aromatic heterocycles. The Morgan fingerprint density at radius 2 is 1.90 bits per heavy atom. The number of aromatic nitrogens is 3. The van der Waals surface area contributed by atoms with E-state index in [4.69, 9.17) is 16.6 Å². The molecule has 0 saturated carbocycles. The standard InChI is InChI=1S/C22H22ClN5O/c1-4-24-20(29)12-18-22-27-26-14(3)28(22)19-10-5-13(2)11-17(19)21(25-18)15-6-8-16(23)9-7-15/h5-11,18H,4,12H2,1-3H3,(H,24,29)/t18-/m0/s1. The fraction of sp³-hybridized carbons (Fsp3) is 0.273. The predicted molar refractivity (Wildman–Crippen MR) is 114 cm³/mol. The first kappa shape index (κ1) is 19.3. The quantitative estimate of drug-likeness (QED) is 0.711. The van der Waals surface area contributed by atoms with Crippen molar-refractivity contribution in [2.75, 3.05) is 6.54 Å². The fourth-order valence-electron chi connectivity index (χ4n) is 3.63. The van der Waals surface area contributed by atoms with E-state index in [2.05, 4.69) is 40.6 Å². The first-order chi connectivity index (χ1) is 14.0. The number of nitrogens with zero attached hydrogens (tertiary/aromatic N) is 4. The number of benzene rings is 2. The molecule has 1 atom stereocenters. The molecule has 0 radical (unpaired) electrons. The van der Waals surface area contributed by atoms with E-state index in [1.807, 2.05) is 42.7 Å². The molecule has 3 aromatic rings. The number of nitrogens with one attached hydrogen (secondary N) is 1. The Morgan fingerprint density at radius 3 is 2.62 bits per heavy atom. The average Bonchev–Trinajstić information content (AvgIpc) is 3.01. The maximum absolute atomic E-state index is 12.4. The van der Waals surface area contributed by atoms with Gasteiger partial charge in [-0.25, -0.2) is 0 Å². The zero-order chi connectivity index (χ0) is 20.5. The summed E-state index contributed by atoms with van der Waals surface area (Å²) >= 11 is 6.10. The van der Waals surface area contributed by atoms with E-state index in [-0.39, 0.29) is 12.3 Å². The van der Waals surface area contributed by atoms with Crippen LogP contribution in [0.25, 0.3) is 5.69 Å². The van der Waals surface area contributed by atoms with Crippen molar-refractivity contribution in [3.05, 3.63) is 75.8 Å². The molecule has 7 heteroatoms. The highest BCUT2D eigenvalue weighted by Gasteiger charge is 2.29. The molecule has 148 valence electrons. The van der Waals surface area contributed by atoms with Crippen molar-refractivity contribution < 1.29 is 4.79 Å². The molecule has 0 bridgehead atoms. The van der Waals surface area contributed by atoms with Crippen LogP contribution in [-0.2, 0) is 4.79 Å². The second kappa shape index (κ2) is 7.79. The molecule has 1 aliphatic heterocycles. The molecule has 1 amide bonds. The van der Waals surface area contributed by atoms with E-state index < -0.39 is 6.04 Å². The van der Waals surface area contributed by atoms with E-state index in [1.54, 1.807) is 0 Å². The maximum Gasteiger partial charge on any atom is 0.222 e. The third-order valence-corrected chi connectivity index (χ3v) is 5.20. The highest BCUT2D eigenvalue weighted by molar-refractivity contribution is 6.30. The molecule has 0 spiro atoms.